The van der Waals surface area contributed by atoms with Gasteiger partial charge in [0.1, 0.15) is 18.1 Å². The number of amides is 4. The van der Waals surface area contributed by atoms with Gasteiger partial charge in [-0.3, -0.25) is 9.59 Å². The first-order valence-corrected chi connectivity index (χ1v) is 8.22. The van der Waals surface area contributed by atoms with Gasteiger partial charge in [0.05, 0.1) is 0 Å². The molecule has 134 valence electrons. The Hall–Kier alpha value is -1.80. The van der Waals surface area contributed by atoms with Crippen LogP contribution in [-0.4, -0.2) is 69.9 Å². The summed E-state index contributed by atoms with van der Waals surface area (Å²) in [6, 6.07) is -1.63. The molecule has 0 unspecified atom stereocenters. The lowest BCUT2D eigenvalue weighted by Gasteiger charge is -2.27. The van der Waals surface area contributed by atoms with Crippen molar-refractivity contribution in [2.45, 2.75) is 56.8 Å². The smallest absolute Gasteiger partial charge is 0.332 e. The molecule has 0 bridgehead atoms. The van der Waals surface area contributed by atoms with Crippen LogP contribution < -0.4 is 0 Å². The molecule has 24 heavy (non-hydrogen) atoms. The average molecular weight is 347 g/mol. The van der Waals surface area contributed by atoms with Crippen LogP contribution in [-0.2, 0) is 9.59 Å². The third kappa shape index (κ3) is 2.44. The van der Waals surface area contributed by atoms with Gasteiger partial charge < -0.3 is 9.80 Å². The van der Waals surface area contributed by atoms with E-state index in [1.165, 1.54) is 4.90 Å². The number of urea groups is 1. The molecule has 6 nitrogen and oxygen atoms in total. The van der Waals surface area contributed by atoms with Crippen molar-refractivity contribution >= 4 is 17.8 Å². The summed E-state index contributed by atoms with van der Waals surface area (Å²) in [5.74, 6) is -1.21. The molecule has 4 amide bonds. The first kappa shape index (κ1) is 17.0. The number of hydrogen-bond acceptors (Lipinski definition) is 3. The number of carbonyl (C=O) groups is 3. The van der Waals surface area contributed by atoms with Crippen LogP contribution in [0.5, 0.6) is 0 Å². The number of halogens is 3. The van der Waals surface area contributed by atoms with Crippen molar-refractivity contribution in [2.24, 2.45) is 0 Å². The van der Waals surface area contributed by atoms with Gasteiger partial charge in [-0.1, -0.05) is 13.3 Å². The number of carbonyl (C=O) groups excluding carboxylic acids is 3. The Balaban J connectivity index is 1.82. The fourth-order valence-electron chi connectivity index (χ4n) is 4.21. The summed E-state index contributed by atoms with van der Waals surface area (Å²) in [5, 5.41) is 0. The molecule has 3 fully saturated rings. The minimum Gasteiger partial charge on any atom is -0.332 e. The maximum Gasteiger partial charge on any atom is 0.406 e. The second-order valence-electron chi connectivity index (χ2n) is 6.67. The SMILES string of the molecule is CCC[C@@]12CCCN1C(=O)N([C@@H]1CCN(CC(F)(F)F)C1=O)C2=O. The Morgan fingerprint density at radius 3 is 2.54 bits per heavy atom. The van der Waals surface area contributed by atoms with E-state index in [1.807, 2.05) is 6.92 Å². The van der Waals surface area contributed by atoms with Gasteiger partial charge in [0, 0.05) is 13.1 Å². The van der Waals surface area contributed by atoms with Gasteiger partial charge in [0.25, 0.3) is 5.91 Å². The van der Waals surface area contributed by atoms with E-state index >= 15 is 0 Å². The van der Waals surface area contributed by atoms with E-state index in [-0.39, 0.29) is 13.0 Å². The minimum atomic E-state index is -4.49. The molecule has 0 radical (unpaired) electrons. The Morgan fingerprint density at radius 1 is 1.21 bits per heavy atom. The molecule has 3 rings (SSSR count). The van der Waals surface area contributed by atoms with Crippen molar-refractivity contribution in [3.63, 3.8) is 0 Å². The lowest BCUT2D eigenvalue weighted by molar-refractivity contribution is -0.159. The van der Waals surface area contributed by atoms with Gasteiger partial charge in [0.15, 0.2) is 0 Å². The molecule has 0 aliphatic carbocycles. The molecule has 0 aromatic rings. The molecule has 2 atom stereocenters. The van der Waals surface area contributed by atoms with Gasteiger partial charge in [-0.15, -0.1) is 0 Å². The van der Waals surface area contributed by atoms with Gasteiger partial charge in [0.2, 0.25) is 5.91 Å². The molecule has 3 aliphatic heterocycles. The summed E-state index contributed by atoms with van der Waals surface area (Å²) in [7, 11) is 0. The summed E-state index contributed by atoms with van der Waals surface area (Å²) in [6.45, 7) is 0.926. The summed E-state index contributed by atoms with van der Waals surface area (Å²) >= 11 is 0. The van der Waals surface area contributed by atoms with E-state index in [0.717, 1.165) is 11.3 Å². The van der Waals surface area contributed by atoms with E-state index in [1.54, 1.807) is 0 Å². The molecule has 0 N–H and O–H groups in total. The molecule has 9 heteroatoms. The molecular weight excluding hydrogens is 327 g/mol. The number of fused-ring (bicyclic) bond motifs is 1. The molecule has 0 aromatic heterocycles. The van der Waals surface area contributed by atoms with Gasteiger partial charge in [-0.2, -0.15) is 13.2 Å². The van der Waals surface area contributed by atoms with Crippen LogP contribution in [0.15, 0.2) is 0 Å². The van der Waals surface area contributed by atoms with Crippen LogP contribution in [0.25, 0.3) is 0 Å². The minimum absolute atomic E-state index is 0.0580. The van der Waals surface area contributed by atoms with Crippen LogP contribution in [0.4, 0.5) is 18.0 Å². The molecule has 0 saturated carbocycles. The van der Waals surface area contributed by atoms with E-state index < -0.39 is 42.1 Å². The number of rotatable bonds is 4. The molecule has 3 aliphatic rings. The number of hydrogen-bond donors (Lipinski definition) is 0. The van der Waals surface area contributed by atoms with E-state index in [2.05, 4.69) is 0 Å². The molecule has 0 spiro atoms. The molecule has 3 heterocycles. The third-order valence-electron chi connectivity index (χ3n) is 5.16. The maximum atomic E-state index is 12.9. The fraction of sp³-hybridized carbons (Fsp3) is 0.800. The monoisotopic (exact) mass is 347 g/mol. The highest BCUT2D eigenvalue weighted by atomic mass is 19.4. The fourth-order valence-corrected chi connectivity index (χ4v) is 4.21. The van der Waals surface area contributed by atoms with E-state index in [9.17, 15) is 27.6 Å². The number of nitrogens with zero attached hydrogens (tertiary/aromatic N) is 3. The average Bonchev–Trinajstić information content (AvgIpc) is 3.09. The van der Waals surface area contributed by atoms with Crippen LogP contribution in [0.1, 0.15) is 39.0 Å². The first-order chi connectivity index (χ1) is 11.2. The summed E-state index contributed by atoms with van der Waals surface area (Å²) < 4.78 is 37.6. The lowest BCUT2D eigenvalue weighted by atomic mass is 9.90. The predicted octanol–water partition coefficient (Wildman–Crippen LogP) is 1.75. The zero-order valence-electron chi connectivity index (χ0n) is 13.4. The highest BCUT2D eigenvalue weighted by molar-refractivity contribution is 6.10. The standard InChI is InChI=1S/C15H20F3N3O3/c1-2-5-14-6-3-7-20(14)13(24)21(12(14)23)10-4-8-19(11(10)22)9-15(16,17)18/h10H,2-9H2,1H3/t10-,14+/m1/s1. The quantitative estimate of drug-likeness (QED) is 0.728. The normalized spacial score (nSPS) is 30.8. The van der Waals surface area contributed by atoms with Crippen LogP contribution >= 0.6 is 0 Å². The number of imide groups is 1. The molecule has 3 saturated heterocycles. The third-order valence-corrected chi connectivity index (χ3v) is 5.16. The highest BCUT2D eigenvalue weighted by Crippen LogP contribution is 2.42. The largest absolute Gasteiger partial charge is 0.406 e. The topological polar surface area (TPSA) is 60.9 Å². The van der Waals surface area contributed by atoms with Crippen molar-refractivity contribution < 1.29 is 27.6 Å². The zero-order valence-corrected chi connectivity index (χ0v) is 13.4. The Bertz CT molecular complexity index is 580. The second kappa shape index (κ2) is 5.63. The molecule has 0 aromatic carbocycles. The highest BCUT2D eigenvalue weighted by Gasteiger charge is 2.61. The van der Waals surface area contributed by atoms with Crippen LogP contribution in [0, 0.1) is 0 Å². The van der Waals surface area contributed by atoms with Crippen molar-refractivity contribution in [3.8, 4) is 0 Å². The van der Waals surface area contributed by atoms with Crippen molar-refractivity contribution in [3.05, 3.63) is 0 Å². The zero-order chi connectivity index (χ0) is 17.7. The van der Waals surface area contributed by atoms with Crippen LogP contribution in [0.3, 0.4) is 0 Å². The van der Waals surface area contributed by atoms with Crippen molar-refractivity contribution in [1.29, 1.82) is 0 Å². The first-order valence-electron chi connectivity index (χ1n) is 8.22. The van der Waals surface area contributed by atoms with Crippen molar-refractivity contribution in [2.75, 3.05) is 19.6 Å². The van der Waals surface area contributed by atoms with E-state index in [0.29, 0.717) is 30.7 Å². The predicted molar refractivity (Wildman–Crippen MR) is 76.9 cm³/mol. The summed E-state index contributed by atoms with van der Waals surface area (Å²) in [4.78, 5) is 41.0. The van der Waals surface area contributed by atoms with Crippen molar-refractivity contribution in [1.82, 2.24) is 14.7 Å². The van der Waals surface area contributed by atoms with Gasteiger partial charge in [-0.25, -0.2) is 9.69 Å². The Morgan fingerprint density at radius 2 is 1.92 bits per heavy atom. The second-order valence-corrected chi connectivity index (χ2v) is 6.67. The number of likely N-dealkylation sites (tertiary alicyclic amines) is 1. The van der Waals surface area contributed by atoms with Crippen LogP contribution in [0.2, 0.25) is 0 Å². The van der Waals surface area contributed by atoms with E-state index in [4.69, 9.17) is 0 Å². The molecular formula is C15H20F3N3O3. The maximum absolute atomic E-state index is 12.9. The summed E-state index contributed by atoms with van der Waals surface area (Å²) in [5.41, 5.74) is -0.899. The Labute approximate surface area is 137 Å². The Kier molecular flexibility index (Phi) is 4.00. The van der Waals surface area contributed by atoms with Gasteiger partial charge >= 0.3 is 12.2 Å². The van der Waals surface area contributed by atoms with Gasteiger partial charge in [-0.05, 0) is 25.7 Å². The number of alkyl halides is 3. The lowest BCUT2D eigenvalue weighted by Crippen LogP contribution is -2.49. The summed E-state index contributed by atoms with van der Waals surface area (Å²) in [6.07, 6.45) is -1.93.